The van der Waals surface area contributed by atoms with Crippen molar-refractivity contribution in [3.05, 3.63) is 219 Å². The second-order valence-electron chi connectivity index (χ2n) is 15.8. The van der Waals surface area contributed by atoms with E-state index >= 15 is 0 Å². The zero-order valence-electron chi connectivity index (χ0n) is 32.4. The van der Waals surface area contributed by atoms with Gasteiger partial charge in [-0.25, -0.2) is 4.99 Å². The van der Waals surface area contributed by atoms with E-state index in [0.717, 1.165) is 53.3 Å². The third-order valence-electron chi connectivity index (χ3n) is 12.5. The predicted molar refractivity (Wildman–Crippen MR) is 239 cm³/mol. The van der Waals surface area contributed by atoms with Crippen molar-refractivity contribution in [3.8, 4) is 0 Å². The molecule has 2 N–H and O–H groups in total. The van der Waals surface area contributed by atoms with E-state index in [-0.39, 0.29) is 30.1 Å². The number of aliphatic imine (C=N–C) groups is 2. The zero-order valence-corrected chi connectivity index (χ0v) is 33.2. The van der Waals surface area contributed by atoms with E-state index in [1.165, 1.54) is 49.4 Å². The van der Waals surface area contributed by atoms with Gasteiger partial charge in [-0.2, -0.15) is 0 Å². The maximum absolute atomic E-state index is 6.72. The Balaban J connectivity index is 0.991. The number of allylic oxidation sites excluding steroid dienone is 5. The van der Waals surface area contributed by atoms with Crippen LogP contribution in [0.2, 0.25) is 0 Å². The summed E-state index contributed by atoms with van der Waals surface area (Å²) in [4.78, 5) is 12.2. The number of nitrogens with zero attached hydrogens (tertiary/aromatic N) is 2. The fourth-order valence-corrected chi connectivity index (χ4v) is 11.1. The molecule has 58 heavy (non-hydrogen) atoms. The van der Waals surface area contributed by atoms with Crippen LogP contribution in [0.1, 0.15) is 95.1 Å². The van der Waals surface area contributed by atoms with Crippen LogP contribution in [0.4, 0.5) is 0 Å². The Kier molecular flexibility index (Phi) is 8.97. The molecule has 284 valence electrons. The Morgan fingerprint density at radius 1 is 0.741 bits per heavy atom. The van der Waals surface area contributed by atoms with Gasteiger partial charge in [0.1, 0.15) is 17.5 Å². The predicted octanol–water partition coefficient (Wildman–Crippen LogP) is 12.1. The summed E-state index contributed by atoms with van der Waals surface area (Å²) in [5, 5.41) is 9.51. The molecule has 0 radical (unpaired) electrons. The van der Waals surface area contributed by atoms with Crippen molar-refractivity contribution in [1.29, 1.82) is 0 Å². The van der Waals surface area contributed by atoms with E-state index in [4.69, 9.17) is 14.4 Å². The Hall–Kier alpha value is -5.95. The number of nitrogens with one attached hydrogen (secondary N) is 2. The van der Waals surface area contributed by atoms with Crippen LogP contribution in [0.25, 0.3) is 17.0 Å². The summed E-state index contributed by atoms with van der Waals surface area (Å²) in [5.74, 6) is 1.96. The lowest BCUT2D eigenvalue weighted by Crippen LogP contribution is -2.41. The summed E-state index contributed by atoms with van der Waals surface area (Å²) in [6.45, 7) is 2.27. The Morgan fingerprint density at radius 3 is 2.26 bits per heavy atom. The molecular formula is C52H44N4OS. The quantitative estimate of drug-likeness (QED) is 0.170. The molecule has 11 rings (SSSR count). The molecule has 2 aliphatic carbocycles. The van der Waals surface area contributed by atoms with Gasteiger partial charge in [-0.05, 0) is 59.2 Å². The monoisotopic (exact) mass is 772 g/mol. The first-order chi connectivity index (χ1) is 28.7. The smallest absolute Gasteiger partial charge is 0.155 e. The molecule has 0 amide bonds. The van der Waals surface area contributed by atoms with Gasteiger partial charge in [0.25, 0.3) is 0 Å². The van der Waals surface area contributed by atoms with Crippen molar-refractivity contribution < 1.29 is 4.42 Å². The second-order valence-corrected chi connectivity index (χ2v) is 17.1. The molecular weight excluding hydrogens is 729 g/mol. The Morgan fingerprint density at radius 2 is 1.48 bits per heavy atom. The molecule has 0 fully saturated rings. The highest BCUT2D eigenvalue weighted by atomic mass is 32.2. The third-order valence-corrected chi connectivity index (χ3v) is 13.9. The van der Waals surface area contributed by atoms with Crippen molar-refractivity contribution in [2.45, 2.75) is 55.6 Å². The minimum Gasteiger partial charge on any atom is -0.456 e. The summed E-state index contributed by atoms with van der Waals surface area (Å²) in [6.07, 6.45) is 14.1. The summed E-state index contributed by atoms with van der Waals surface area (Å²) in [5.41, 5.74) is 13.2. The second kappa shape index (κ2) is 14.8. The molecule has 6 heteroatoms. The van der Waals surface area contributed by atoms with Gasteiger partial charge in [-0.3, -0.25) is 10.3 Å². The Labute approximate surface area is 344 Å². The summed E-state index contributed by atoms with van der Waals surface area (Å²) in [7, 11) is 0. The van der Waals surface area contributed by atoms with Crippen molar-refractivity contribution in [2.24, 2.45) is 15.9 Å². The van der Waals surface area contributed by atoms with E-state index in [2.05, 4.69) is 175 Å². The minimum absolute atomic E-state index is 0.0149. The van der Waals surface area contributed by atoms with Crippen LogP contribution in [0.5, 0.6) is 0 Å². The van der Waals surface area contributed by atoms with E-state index < -0.39 is 0 Å². The number of thioether (sulfide) groups is 1. The van der Waals surface area contributed by atoms with Crippen molar-refractivity contribution >= 4 is 40.4 Å². The van der Waals surface area contributed by atoms with Crippen molar-refractivity contribution in [2.75, 3.05) is 0 Å². The normalized spacial score (nSPS) is 24.7. The van der Waals surface area contributed by atoms with Crippen LogP contribution in [0, 0.1) is 5.92 Å². The molecule has 6 atom stereocenters. The fraction of sp³-hybridized carbons (Fsp3) is 0.192. The van der Waals surface area contributed by atoms with Crippen LogP contribution < -0.4 is 10.6 Å². The number of hydrogen-bond acceptors (Lipinski definition) is 6. The van der Waals surface area contributed by atoms with E-state index in [1.807, 2.05) is 17.8 Å². The summed E-state index contributed by atoms with van der Waals surface area (Å²) in [6, 6.07) is 47.9. The fourth-order valence-electron chi connectivity index (χ4n) is 9.67. The maximum Gasteiger partial charge on any atom is 0.155 e. The highest BCUT2D eigenvalue weighted by Crippen LogP contribution is 2.52. The van der Waals surface area contributed by atoms with Gasteiger partial charge < -0.3 is 9.73 Å². The van der Waals surface area contributed by atoms with Crippen LogP contribution in [0.15, 0.2) is 188 Å². The summed E-state index contributed by atoms with van der Waals surface area (Å²) < 4.78 is 6.72. The lowest BCUT2D eigenvalue weighted by molar-refractivity contribution is 0.416. The average Bonchev–Trinajstić information content (AvgIpc) is 3.88. The minimum atomic E-state index is -0.0506. The third kappa shape index (κ3) is 6.05. The van der Waals surface area contributed by atoms with Gasteiger partial charge in [0.2, 0.25) is 0 Å². The number of amidine groups is 1. The highest BCUT2D eigenvalue weighted by molar-refractivity contribution is 8.04. The van der Waals surface area contributed by atoms with Crippen molar-refractivity contribution in [1.82, 2.24) is 10.6 Å². The first-order valence-electron chi connectivity index (χ1n) is 20.7. The van der Waals surface area contributed by atoms with Gasteiger partial charge in [0.15, 0.2) is 5.84 Å². The topological polar surface area (TPSA) is 61.9 Å². The SMILES string of the molecule is CCC1C(c2cccc3oc4c(c23)C(c2ccc(C3NC(c5ccccc5)NC5=C3SC3CC=CC=C53)cc2)CC=C4)=NC(c2ccccc2)=NC1c1ccccc1. The molecule has 1 aromatic heterocycles. The van der Waals surface area contributed by atoms with Gasteiger partial charge in [-0.1, -0.05) is 159 Å². The van der Waals surface area contributed by atoms with Gasteiger partial charge >= 0.3 is 0 Å². The number of furan rings is 1. The summed E-state index contributed by atoms with van der Waals surface area (Å²) >= 11 is 2.01. The Bertz CT molecular complexity index is 2710. The maximum atomic E-state index is 6.72. The first-order valence-corrected chi connectivity index (χ1v) is 21.5. The number of fused-ring (bicyclic) bond motifs is 5. The van der Waals surface area contributed by atoms with Crippen LogP contribution in [-0.4, -0.2) is 16.8 Å². The molecule has 0 saturated heterocycles. The number of benzene rings is 5. The van der Waals surface area contributed by atoms with Gasteiger partial charge in [0.05, 0.1) is 23.5 Å². The number of rotatable bonds is 7. The molecule has 5 aromatic carbocycles. The number of hydrogen-bond donors (Lipinski definition) is 2. The van der Waals surface area contributed by atoms with Crippen molar-refractivity contribution in [3.63, 3.8) is 0 Å². The van der Waals surface area contributed by atoms with E-state index in [1.54, 1.807) is 0 Å². The van der Waals surface area contributed by atoms with E-state index in [9.17, 15) is 0 Å². The lowest BCUT2D eigenvalue weighted by Gasteiger charge is -2.35. The lowest BCUT2D eigenvalue weighted by atomic mass is 9.79. The first kappa shape index (κ1) is 35.2. The standard InChI is InChI=1S/C52H44N4OS/c1-2-37-46(33-16-6-3-7-17-33)53-51(35-18-8-4-9-19-35)55-48(37)40-24-15-26-42-45(40)44-38(23-14-25-41(44)57-42)32-28-30-34(31-29-32)47-50-49(39-22-12-13-27-43(39)58-50)56-52(54-47)36-20-10-5-11-21-36/h3-22,24-26,28-31,37-38,43,46-47,52,54,56H,2,23,27H2,1H3. The molecule has 5 nitrogen and oxygen atoms in total. The molecule has 6 aromatic rings. The van der Waals surface area contributed by atoms with Gasteiger partial charge in [-0.15, -0.1) is 11.8 Å². The van der Waals surface area contributed by atoms with Crippen LogP contribution in [-0.2, 0) is 0 Å². The average molecular weight is 773 g/mol. The molecule has 4 heterocycles. The molecule has 0 spiro atoms. The van der Waals surface area contributed by atoms with Crippen LogP contribution in [0.3, 0.4) is 0 Å². The molecule has 0 bridgehead atoms. The highest BCUT2D eigenvalue weighted by Gasteiger charge is 2.40. The molecule has 0 saturated carbocycles. The zero-order chi connectivity index (χ0) is 38.6. The van der Waals surface area contributed by atoms with Gasteiger partial charge in [0, 0.05) is 44.1 Å². The molecule has 6 unspecified atom stereocenters. The van der Waals surface area contributed by atoms with Crippen LogP contribution >= 0.6 is 11.8 Å². The largest absolute Gasteiger partial charge is 0.456 e. The van der Waals surface area contributed by atoms with E-state index in [0.29, 0.717) is 5.25 Å². The molecule has 5 aliphatic rings. The molecule has 3 aliphatic heterocycles.